The molecule has 0 saturated carbocycles. The Kier molecular flexibility index (Phi) is 6.18. The van der Waals surface area contributed by atoms with E-state index in [0.29, 0.717) is 0 Å². The molecule has 1 aromatic rings. The minimum atomic E-state index is -0.230. The lowest BCUT2D eigenvalue weighted by atomic mass is 9.86. The summed E-state index contributed by atoms with van der Waals surface area (Å²) in [5.74, 6) is 0. The van der Waals surface area contributed by atoms with Gasteiger partial charge in [-0.25, -0.2) is 0 Å². The molecule has 0 heterocycles. The molecule has 1 aromatic carbocycles. The maximum Gasteiger partial charge on any atom is 0.171 e. The Morgan fingerprint density at radius 1 is 0.950 bits per heavy atom. The molecule has 1 N–H and O–H groups in total. The quantitative estimate of drug-likeness (QED) is 0.806. The summed E-state index contributed by atoms with van der Waals surface area (Å²) in [6.45, 7) is 10.9. The maximum atomic E-state index is 5.28. The van der Waals surface area contributed by atoms with Gasteiger partial charge in [0.25, 0.3) is 0 Å². The highest BCUT2D eigenvalue weighted by molar-refractivity contribution is 5.29. The summed E-state index contributed by atoms with van der Waals surface area (Å²) in [5, 5.41) is 3.51. The normalized spacial score (nSPS) is 15.4. The van der Waals surface area contributed by atoms with Crippen LogP contribution < -0.4 is 5.32 Å². The fraction of sp³-hybridized carbons (Fsp3) is 0.647. The number of methoxy groups -OCH3 is 2. The van der Waals surface area contributed by atoms with Crippen LogP contribution in [0.3, 0.4) is 0 Å². The van der Waals surface area contributed by atoms with E-state index in [2.05, 4.69) is 64.2 Å². The number of hydrogen-bond acceptors (Lipinski definition) is 3. The highest BCUT2D eigenvalue weighted by Crippen LogP contribution is 2.24. The summed E-state index contributed by atoms with van der Waals surface area (Å²) in [6, 6.07) is 9.19. The number of benzene rings is 1. The van der Waals surface area contributed by atoms with Gasteiger partial charge in [0.1, 0.15) is 0 Å². The molecule has 3 nitrogen and oxygen atoms in total. The Hall–Kier alpha value is -0.900. The molecule has 1 rings (SSSR count). The first-order valence-electron chi connectivity index (χ1n) is 7.21. The predicted octanol–water partition coefficient (Wildman–Crippen LogP) is 3.64. The third kappa shape index (κ3) is 4.58. The number of nitrogens with one attached hydrogen (secondary N) is 1. The Morgan fingerprint density at radius 2 is 1.45 bits per heavy atom. The van der Waals surface area contributed by atoms with Crippen molar-refractivity contribution in [2.75, 3.05) is 14.2 Å². The molecule has 2 unspecified atom stereocenters. The molecular weight excluding hydrogens is 250 g/mol. The molecule has 0 aliphatic carbocycles. The molecule has 0 radical (unpaired) electrons. The van der Waals surface area contributed by atoms with Crippen molar-refractivity contribution < 1.29 is 9.47 Å². The smallest absolute Gasteiger partial charge is 0.171 e. The molecule has 0 aromatic heterocycles. The van der Waals surface area contributed by atoms with Crippen LogP contribution in [0.25, 0.3) is 0 Å². The summed E-state index contributed by atoms with van der Waals surface area (Å²) in [4.78, 5) is 0. The van der Waals surface area contributed by atoms with Crippen molar-refractivity contribution in [3.63, 3.8) is 0 Å². The molecule has 0 aliphatic heterocycles. The molecule has 0 fully saturated rings. The largest absolute Gasteiger partial charge is 0.354 e. The van der Waals surface area contributed by atoms with Crippen LogP contribution in [0.2, 0.25) is 0 Å². The van der Waals surface area contributed by atoms with Gasteiger partial charge in [-0.1, -0.05) is 45.0 Å². The maximum absolute atomic E-state index is 5.28. The van der Waals surface area contributed by atoms with Crippen LogP contribution >= 0.6 is 0 Å². The summed E-state index contributed by atoms with van der Waals surface area (Å²) < 4.78 is 10.6. The molecule has 3 heteroatoms. The zero-order valence-electron chi connectivity index (χ0n) is 13.9. The van der Waals surface area contributed by atoms with Crippen LogP contribution in [0.4, 0.5) is 0 Å². The zero-order valence-corrected chi connectivity index (χ0v) is 13.9. The Bertz CT molecular complexity index is 390. The van der Waals surface area contributed by atoms with Gasteiger partial charge in [0.2, 0.25) is 0 Å². The SMILES string of the molecule is COC(OC)C(C)NC(C)c1ccc(C(C)(C)C)cc1. The third-order valence-electron chi connectivity index (χ3n) is 3.66. The first-order chi connectivity index (χ1) is 9.29. The predicted molar refractivity (Wildman–Crippen MR) is 84.0 cm³/mol. The van der Waals surface area contributed by atoms with Gasteiger partial charge in [0, 0.05) is 20.3 Å². The Balaban J connectivity index is 2.71. The summed E-state index contributed by atoms with van der Waals surface area (Å²) in [6.07, 6.45) is -0.230. The molecule has 0 bridgehead atoms. The second kappa shape index (κ2) is 7.21. The number of ether oxygens (including phenoxy) is 2. The van der Waals surface area contributed by atoms with Crippen molar-refractivity contribution in [3.05, 3.63) is 35.4 Å². The fourth-order valence-electron chi connectivity index (χ4n) is 2.35. The monoisotopic (exact) mass is 279 g/mol. The highest BCUT2D eigenvalue weighted by Gasteiger charge is 2.19. The van der Waals surface area contributed by atoms with Crippen LogP contribution in [0, 0.1) is 0 Å². The van der Waals surface area contributed by atoms with E-state index in [1.807, 2.05) is 0 Å². The van der Waals surface area contributed by atoms with Crippen molar-refractivity contribution in [2.24, 2.45) is 0 Å². The van der Waals surface area contributed by atoms with E-state index < -0.39 is 0 Å². The van der Waals surface area contributed by atoms with Crippen LogP contribution in [0.15, 0.2) is 24.3 Å². The molecule has 0 aliphatic rings. The molecule has 0 amide bonds. The lowest BCUT2D eigenvalue weighted by Gasteiger charge is -2.26. The van der Waals surface area contributed by atoms with E-state index in [4.69, 9.17) is 9.47 Å². The van der Waals surface area contributed by atoms with Gasteiger partial charge < -0.3 is 14.8 Å². The van der Waals surface area contributed by atoms with E-state index >= 15 is 0 Å². The average molecular weight is 279 g/mol. The van der Waals surface area contributed by atoms with Gasteiger partial charge in [0.15, 0.2) is 6.29 Å². The third-order valence-corrected chi connectivity index (χ3v) is 3.66. The first-order valence-corrected chi connectivity index (χ1v) is 7.21. The minimum Gasteiger partial charge on any atom is -0.354 e. The molecule has 114 valence electrons. The number of rotatable bonds is 6. The van der Waals surface area contributed by atoms with E-state index in [1.165, 1.54) is 11.1 Å². The van der Waals surface area contributed by atoms with Gasteiger partial charge in [-0.3, -0.25) is 0 Å². The molecule has 2 atom stereocenters. The summed E-state index contributed by atoms with van der Waals surface area (Å²) in [5.41, 5.74) is 2.82. The van der Waals surface area contributed by atoms with Gasteiger partial charge in [0.05, 0.1) is 6.04 Å². The van der Waals surface area contributed by atoms with Crippen LogP contribution in [0.5, 0.6) is 0 Å². The Morgan fingerprint density at radius 3 is 1.85 bits per heavy atom. The zero-order chi connectivity index (χ0) is 15.3. The fourth-order valence-corrected chi connectivity index (χ4v) is 2.35. The lowest BCUT2D eigenvalue weighted by Crippen LogP contribution is -2.40. The van der Waals surface area contributed by atoms with Gasteiger partial charge >= 0.3 is 0 Å². The van der Waals surface area contributed by atoms with E-state index in [0.717, 1.165) is 0 Å². The topological polar surface area (TPSA) is 30.5 Å². The van der Waals surface area contributed by atoms with Crippen LogP contribution in [0.1, 0.15) is 51.8 Å². The lowest BCUT2D eigenvalue weighted by molar-refractivity contribution is -0.120. The van der Waals surface area contributed by atoms with Gasteiger partial charge in [-0.15, -0.1) is 0 Å². The minimum absolute atomic E-state index is 0.127. The van der Waals surface area contributed by atoms with Crippen molar-refractivity contribution in [3.8, 4) is 0 Å². The van der Waals surface area contributed by atoms with Crippen LogP contribution in [-0.2, 0) is 14.9 Å². The molecule has 0 spiro atoms. The molecule has 0 saturated heterocycles. The van der Waals surface area contributed by atoms with Crippen molar-refractivity contribution in [1.82, 2.24) is 5.32 Å². The van der Waals surface area contributed by atoms with Crippen LogP contribution in [-0.4, -0.2) is 26.6 Å². The standard InChI is InChI=1S/C17H29NO2/c1-12(18-13(2)16(19-6)20-7)14-8-10-15(11-9-14)17(3,4)5/h8-13,16,18H,1-7H3. The molecule has 20 heavy (non-hydrogen) atoms. The summed E-state index contributed by atoms with van der Waals surface area (Å²) >= 11 is 0. The van der Waals surface area contributed by atoms with E-state index in [1.54, 1.807) is 14.2 Å². The average Bonchev–Trinajstić information content (AvgIpc) is 2.39. The van der Waals surface area contributed by atoms with E-state index in [9.17, 15) is 0 Å². The van der Waals surface area contributed by atoms with Crippen molar-refractivity contribution >= 4 is 0 Å². The van der Waals surface area contributed by atoms with E-state index in [-0.39, 0.29) is 23.8 Å². The number of hydrogen-bond donors (Lipinski definition) is 1. The molecular formula is C17H29NO2. The van der Waals surface area contributed by atoms with Gasteiger partial charge in [-0.2, -0.15) is 0 Å². The van der Waals surface area contributed by atoms with Gasteiger partial charge in [-0.05, 0) is 30.4 Å². The second-order valence-electron chi connectivity index (χ2n) is 6.39. The highest BCUT2D eigenvalue weighted by atomic mass is 16.7. The van der Waals surface area contributed by atoms with Crippen molar-refractivity contribution in [1.29, 1.82) is 0 Å². The first kappa shape index (κ1) is 17.2. The second-order valence-corrected chi connectivity index (χ2v) is 6.39. The summed E-state index contributed by atoms with van der Waals surface area (Å²) in [7, 11) is 3.32. The van der Waals surface area contributed by atoms with Crippen molar-refractivity contribution in [2.45, 2.75) is 58.4 Å². The Labute approximate surface area is 123 Å².